The van der Waals surface area contributed by atoms with Crippen molar-refractivity contribution in [3.05, 3.63) is 6.92 Å². The summed E-state index contributed by atoms with van der Waals surface area (Å²) >= 11 is 0. The molecule has 1 unspecified atom stereocenters. The largest absolute Gasteiger partial charge is 0.247 e. The zero-order valence-electron chi connectivity index (χ0n) is 9.03. The fourth-order valence-corrected chi connectivity index (χ4v) is 1.51. The third kappa shape index (κ3) is 9.85. The summed E-state index contributed by atoms with van der Waals surface area (Å²) in [4.78, 5) is 0. The van der Waals surface area contributed by atoms with Crippen LogP contribution < -0.4 is 0 Å². The molecule has 0 aliphatic carbocycles. The number of halogens is 1. The minimum atomic E-state index is -0.594. The third-order valence-electron chi connectivity index (χ3n) is 2.39. The van der Waals surface area contributed by atoms with Crippen LogP contribution in [0.1, 0.15) is 64.7 Å². The maximum Gasteiger partial charge on any atom is 0.100 e. The van der Waals surface area contributed by atoms with Crippen LogP contribution in [-0.2, 0) is 0 Å². The van der Waals surface area contributed by atoms with Crippen LogP contribution in [0.4, 0.5) is 4.39 Å². The third-order valence-corrected chi connectivity index (χ3v) is 2.39. The second-order valence-electron chi connectivity index (χ2n) is 3.80. The van der Waals surface area contributed by atoms with Crippen LogP contribution in [0.3, 0.4) is 0 Å². The summed E-state index contributed by atoms with van der Waals surface area (Å²) in [6.45, 7) is 5.87. The molecule has 0 nitrogen and oxygen atoms in total. The first-order valence-electron chi connectivity index (χ1n) is 5.74. The van der Waals surface area contributed by atoms with E-state index in [2.05, 4.69) is 13.8 Å². The second kappa shape index (κ2) is 10.0. The Morgan fingerprint density at radius 2 is 1.62 bits per heavy atom. The molecule has 0 saturated carbocycles. The Labute approximate surface area is 82.9 Å². The summed E-state index contributed by atoms with van der Waals surface area (Å²) < 4.78 is 12.9. The fraction of sp³-hybridized carbons (Fsp3) is 0.917. The van der Waals surface area contributed by atoms with E-state index in [1.807, 2.05) is 0 Å². The Morgan fingerprint density at radius 1 is 1.00 bits per heavy atom. The number of unbranched alkanes of at least 4 members (excludes halogenated alkanes) is 5. The molecule has 0 amide bonds. The molecule has 13 heavy (non-hydrogen) atoms. The molecule has 0 spiro atoms. The van der Waals surface area contributed by atoms with Gasteiger partial charge < -0.3 is 0 Å². The average molecular weight is 187 g/mol. The van der Waals surface area contributed by atoms with E-state index < -0.39 is 6.17 Å². The molecule has 0 N–H and O–H groups in total. The molecule has 0 rings (SSSR count). The van der Waals surface area contributed by atoms with Crippen LogP contribution in [0.2, 0.25) is 0 Å². The summed E-state index contributed by atoms with van der Waals surface area (Å²) in [5.74, 6) is 0. The highest BCUT2D eigenvalue weighted by molar-refractivity contribution is 4.57. The summed E-state index contributed by atoms with van der Waals surface area (Å²) in [6, 6.07) is 0. The van der Waals surface area contributed by atoms with Gasteiger partial charge in [-0.15, -0.1) is 0 Å². The second-order valence-corrected chi connectivity index (χ2v) is 3.80. The lowest BCUT2D eigenvalue weighted by atomic mass is 10.1. The van der Waals surface area contributed by atoms with Gasteiger partial charge in [0.25, 0.3) is 0 Å². The van der Waals surface area contributed by atoms with Crippen LogP contribution in [0, 0.1) is 6.92 Å². The van der Waals surface area contributed by atoms with E-state index in [9.17, 15) is 4.39 Å². The van der Waals surface area contributed by atoms with Gasteiger partial charge in [0, 0.05) is 0 Å². The van der Waals surface area contributed by atoms with E-state index in [1.54, 1.807) is 0 Å². The Bertz CT molecular complexity index is 91.1. The van der Waals surface area contributed by atoms with Gasteiger partial charge in [-0.3, -0.25) is 0 Å². The monoisotopic (exact) mass is 187 g/mol. The van der Waals surface area contributed by atoms with Crippen LogP contribution >= 0.6 is 0 Å². The van der Waals surface area contributed by atoms with E-state index in [1.165, 1.54) is 32.1 Å². The first-order valence-corrected chi connectivity index (χ1v) is 5.74. The summed E-state index contributed by atoms with van der Waals surface area (Å²) in [6.07, 6.45) is 9.03. The average Bonchev–Trinajstić information content (AvgIpc) is 2.11. The molecule has 0 saturated heterocycles. The lowest BCUT2D eigenvalue weighted by Crippen LogP contribution is -1.98. The van der Waals surface area contributed by atoms with Gasteiger partial charge in [-0.2, -0.15) is 0 Å². The van der Waals surface area contributed by atoms with E-state index in [-0.39, 0.29) is 0 Å². The van der Waals surface area contributed by atoms with E-state index in [0.717, 1.165) is 19.3 Å². The van der Waals surface area contributed by atoms with Crippen LogP contribution in [0.15, 0.2) is 0 Å². The standard InChI is InChI=1S/C12H24F/c1-3-5-6-7-8-9-11-12(13)10-4-2/h12H,2-11H2,1H3. The van der Waals surface area contributed by atoms with Crippen molar-refractivity contribution in [3.8, 4) is 0 Å². The van der Waals surface area contributed by atoms with Crippen molar-refractivity contribution in [2.45, 2.75) is 70.9 Å². The minimum Gasteiger partial charge on any atom is -0.247 e. The maximum absolute atomic E-state index is 12.9. The van der Waals surface area contributed by atoms with Gasteiger partial charge in [0.05, 0.1) is 0 Å². The van der Waals surface area contributed by atoms with E-state index in [4.69, 9.17) is 0 Å². The highest BCUT2D eigenvalue weighted by Gasteiger charge is 2.03. The first-order chi connectivity index (χ1) is 6.31. The van der Waals surface area contributed by atoms with Gasteiger partial charge in [-0.25, -0.2) is 4.39 Å². The molecule has 0 aromatic carbocycles. The molecule has 0 heterocycles. The van der Waals surface area contributed by atoms with E-state index >= 15 is 0 Å². The van der Waals surface area contributed by atoms with Gasteiger partial charge in [0.1, 0.15) is 6.17 Å². The smallest absolute Gasteiger partial charge is 0.100 e. The molecule has 0 aliphatic heterocycles. The number of rotatable bonds is 9. The molecule has 0 aromatic rings. The number of hydrogen-bond donors (Lipinski definition) is 0. The molecular weight excluding hydrogens is 163 g/mol. The van der Waals surface area contributed by atoms with Gasteiger partial charge in [0.2, 0.25) is 0 Å². The number of hydrogen-bond acceptors (Lipinski definition) is 0. The van der Waals surface area contributed by atoms with Crippen LogP contribution in [0.25, 0.3) is 0 Å². The van der Waals surface area contributed by atoms with Gasteiger partial charge in [-0.1, -0.05) is 58.8 Å². The number of alkyl halides is 1. The summed E-state index contributed by atoms with van der Waals surface area (Å²) in [7, 11) is 0. The van der Waals surface area contributed by atoms with Gasteiger partial charge >= 0.3 is 0 Å². The Morgan fingerprint density at radius 3 is 2.23 bits per heavy atom. The Balaban J connectivity index is 2.97. The quantitative estimate of drug-likeness (QED) is 0.459. The van der Waals surface area contributed by atoms with Crippen molar-refractivity contribution in [1.29, 1.82) is 0 Å². The topological polar surface area (TPSA) is 0 Å². The van der Waals surface area contributed by atoms with E-state index in [0.29, 0.717) is 6.42 Å². The molecular formula is C12H24F. The SMILES string of the molecule is [CH2]CCC(F)CCCCCCCC. The molecule has 1 atom stereocenters. The van der Waals surface area contributed by atoms with Crippen molar-refractivity contribution in [2.24, 2.45) is 0 Å². The minimum absolute atomic E-state index is 0.594. The highest BCUT2D eigenvalue weighted by Crippen LogP contribution is 2.13. The molecule has 1 radical (unpaired) electrons. The molecule has 0 bridgehead atoms. The normalized spacial score (nSPS) is 13.2. The predicted molar refractivity (Wildman–Crippen MR) is 57.5 cm³/mol. The molecule has 79 valence electrons. The fourth-order valence-electron chi connectivity index (χ4n) is 1.51. The molecule has 0 aliphatic rings. The van der Waals surface area contributed by atoms with Crippen molar-refractivity contribution in [1.82, 2.24) is 0 Å². The van der Waals surface area contributed by atoms with Crippen molar-refractivity contribution in [2.75, 3.05) is 0 Å². The van der Waals surface area contributed by atoms with Gasteiger partial charge in [-0.05, 0) is 12.8 Å². The first kappa shape index (κ1) is 12.9. The van der Waals surface area contributed by atoms with Crippen molar-refractivity contribution in [3.63, 3.8) is 0 Å². The Hall–Kier alpha value is -0.0700. The van der Waals surface area contributed by atoms with Crippen molar-refractivity contribution < 1.29 is 4.39 Å². The predicted octanol–water partition coefficient (Wildman–Crippen LogP) is 4.69. The van der Waals surface area contributed by atoms with Crippen LogP contribution in [0.5, 0.6) is 0 Å². The van der Waals surface area contributed by atoms with Crippen LogP contribution in [-0.4, -0.2) is 6.17 Å². The summed E-state index contributed by atoms with van der Waals surface area (Å²) in [5, 5.41) is 0. The zero-order chi connectivity index (χ0) is 9.94. The zero-order valence-corrected chi connectivity index (χ0v) is 9.03. The summed E-state index contributed by atoms with van der Waals surface area (Å²) in [5.41, 5.74) is 0. The molecule has 0 fully saturated rings. The lowest BCUT2D eigenvalue weighted by molar-refractivity contribution is 0.288. The highest BCUT2D eigenvalue weighted by atomic mass is 19.1. The molecule has 1 heteroatoms. The lowest BCUT2D eigenvalue weighted by Gasteiger charge is -2.05. The van der Waals surface area contributed by atoms with Gasteiger partial charge in [0.15, 0.2) is 0 Å². The van der Waals surface area contributed by atoms with Crippen molar-refractivity contribution >= 4 is 0 Å². The maximum atomic E-state index is 12.9. The molecule has 0 aromatic heterocycles. The Kier molecular flexibility index (Phi) is 9.96.